The Labute approximate surface area is 71.1 Å². The molecule has 0 aliphatic rings. The Kier molecular flexibility index (Phi) is 6.00. The summed E-state index contributed by atoms with van der Waals surface area (Å²) in [6.07, 6.45) is 4.77. The molecule has 0 aromatic heterocycles. The van der Waals surface area contributed by atoms with Crippen LogP contribution in [-0.4, -0.2) is 18.0 Å². The van der Waals surface area contributed by atoms with Gasteiger partial charge in [0.05, 0.1) is 0 Å². The van der Waals surface area contributed by atoms with Gasteiger partial charge in [0.2, 0.25) is 0 Å². The molecule has 66 valence electrons. The van der Waals surface area contributed by atoms with Crippen molar-refractivity contribution in [3.63, 3.8) is 0 Å². The molecule has 0 bridgehead atoms. The van der Waals surface area contributed by atoms with Crippen LogP contribution >= 0.6 is 0 Å². The van der Waals surface area contributed by atoms with Crippen molar-refractivity contribution < 1.29 is 0 Å². The number of rotatable bonds is 5. The second-order valence-electron chi connectivity index (χ2n) is 2.86. The van der Waals surface area contributed by atoms with Gasteiger partial charge in [0.15, 0.2) is 0 Å². The summed E-state index contributed by atoms with van der Waals surface area (Å²) in [5.74, 6) is 0. The molecule has 0 N–H and O–H groups in total. The van der Waals surface area contributed by atoms with E-state index in [1.165, 1.54) is 25.1 Å². The summed E-state index contributed by atoms with van der Waals surface area (Å²) >= 11 is 0. The minimum absolute atomic E-state index is 1.14. The van der Waals surface area contributed by atoms with Gasteiger partial charge in [-0.2, -0.15) is 0 Å². The Morgan fingerprint density at radius 3 is 2.36 bits per heavy atom. The highest BCUT2D eigenvalue weighted by Crippen LogP contribution is 2.04. The van der Waals surface area contributed by atoms with Crippen molar-refractivity contribution in [1.29, 1.82) is 0 Å². The van der Waals surface area contributed by atoms with Crippen LogP contribution in [0, 0.1) is 0 Å². The van der Waals surface area contributed by atoms with E-state index >= 15 is 0 Å². The third-order valence-corrected chi connectivity index (χ3v) is 2.08. The van der Waals surface area contributed by atoms with Gasteiger partial charge in [-0.05, 0) is 27.2 Å². The lowest BCUT2D eigenvalue weighted by Gasteiger charge is -2.23. The van der Waals surface area contributed by atoms with E-state index in [-0.39, 0.29) is 0 Å². The van der Waals surface area contributed by atoms with Crippen LogP contribution in [0.5, 0.6) is 0 Å². The summed E-state index contributed by atoms with van der Waals surface area (Å²) in [5.41, 5.74) is 1.40. The number of hydrogen-bond donors (Lipinski definition) is 0. The molecule has 0 atom stereocenters. The average molecular weight is 155 g/mol. The molecule has 0 aliphatic heterocycles. The van der Waals surface area contributed by atoms with Gasteiger partial charge in [0, 0.05) is 18.8 Å². The number of unbranched alkanes of at least 4 members (excludes halogenated alkanes) is 1. The normalized spacial score (nSPS) is 11.8. The molecule has 0 fully saturated rings. The lowest BCUT2D eigenvalue weighted by Crippen LogP contribution is -2.22. The van der Waals surface area contributed by atoms with Gasteiger partial charge >= 0.3 is 0 Å². The lowest BCUT2D eigenvalue weighted by atomic mass is 10.3. The SMILES string of the molecule is C/C=C(\C)N(CC)CCCC. The molecule has 0 saturated carbocycles. The first-order valence-corrected chi connectivity index (χ1v) is 4.64. The second-order valence-corrected chi connectivity index (χ2v) is 2.86. The molecule has 0 radical (unpaired) electrons. The first-order chi connectivity index (χ1) is 5.26. The van der Waals surface area contributed by atoms with Crippen molar-refractivity contribution in [2.75, 3.05) is 13.1 Å². The van der Waals surface area contributed by atoms with Gasteiger partial charge in [-0.25, -0.2) is 0 Å². The van der Waals surface area contributed by atoms with Crippen LogP contribution < -0.4 is 0 Å². The molecule has 1 heteroatoms. The van der Waals surface area contributed by atoms with Crippen molar-refractivity contribution in [2.24, 2.45) is 0 Å². The molecule has 11 heavy (non-hydrogen) atoms. The van der Waals surface area contributed by atoms with E-state index in [1.54, 1.807) is 0 Å². The highest BCUT2D eigenvalue weighted by molar-refractivity contribution is 4.94. The molecular formula is C10H21N. The first kappa shape index (κ1) is 10.5. The molecule has 0 amide bonds. The van der Waals surface area contributed by atoms with Crippen molar-refractivity contribution in [2.45, 2.75) is 40.5 Å². The summed E-state index contributed by atoms with van der Waals surface area (Å²) in [5, 5.41) is 0. The van der Waals surface area contributed by atoms with Gasteiger partial charge < -0.3 is 4.90 Å². The second kappa shape index (κ2) is 6.26. The van der Waals surface area contributed by atoms with Crippen LogP contribution in [-0.2, 0) is 0 Å². The van der Waals surface area contributed by atoms with Crippen LogP contribution in [0.1, 0.15) is 40.5 Å². The Morgan fingerprint density at radius 1 is 1.36 bits per heavy atom. The fourth-order valence-corrected chi connectivity index (χ4v) is 1.12. The van der Waals surface area contributed by atoms with Crippen LogP contribution in [0.4, 0.5) is 0 Å². The highest BCUT2D eigenvalue weighted by Gasteiger charge is 1.99. The maximum atomic E-state index is 2.42. The third kappa shape index (κ3) is 4.07. The maximum Gasteiger partial charge on any atom is 0.0174 e. The van der Waals surface area contributed by atoms with E-state index < -0.39 is 0 Å². The van der Waals surface area contributed by atoms with Crippen LogP contribution in [0.2, 0.25) is 0 Å². The fourth-order valence-electron chi connectivity index (χ4n) is 1.12. The molecular weight excluding hydrogens is 134 g/mol. The van der Waals surface area contributed by atoms with Crippen molar-refractivity contribution >= 4 is 0 Å². The quantitative estimate of drug-likeness (QED) is 0.590. The molecule has 0 aromatic carbocycles. The number of allylic oxidation sites excluding steroid dienone is 2. The van der Waals surface area contributed by atoms with Crippen molar-refractivity contribution in [3.05, 3.63) is 11.8 Å². The summed E-state index contributed by atoms with van der Waals surface area (Å²) in [6.45, 7) is 11.1. The zero-order chi connectivity index (χ0) is 8.69. The van der Waals surface area contributed by atoms with E-state index in [9.17, 15) is 0 Å². The van der Waals surface area contributed by atoms with Gasteiger partial charge in [0.1, 0.15) is 0 Å². The first-order valence-electron chi connectivity index (χ1n) is 4.64. The topological polar surface area (TPSA) is 3.24 Å². The predicted molar refractivity (Wildman–Crippen MR) is 51.6 cm³/mol. The summed E-state index contributed by atoms with van der Waals surface area (Å²) in [7, 11) is 0. The molecule has 0 saturated heterocycles. The molecule has 0 aromatic rings. The molecule has 0 unspecified atom stereocenters. The third-order valence-electron chi connectivity index (χ3n) is 2.08. The molecule has 1 nitrogen and oxygen atoms in total. The summed E-state index contributed by atoms with van der Waals surface area (Å²) in [4.78, 5) is 2.42. The summed E-state index contributed by atoms with van der Waals surface area (Å²) < 4.78 is 0. The van der Waals surface area contributed by atoms with Gasteiger partial charge in [-0.15, -0.1) is 0 Å². The largest absolute Gasteiger partial charge is 0.376 e. The average Bonchev–Trinajstić information content (AvgIpc) is 2.05. The summed E-state index contributed by atoms with van der Waals surface area (Å²) in [6, 6.07) is 0. The number of hydrogen-bond acceptors (Lipinski definition) is 1. The standard InChI is InChI=1S/C10H21N/c1-5-8-9-11(7-3)10(4)6-2/h6H,5,7-9H2,1-4H3/b10-6+. The minimum Gasteiger partial charge on any atom is -0.376 e. The predicted octanol–water partition coefficient (Wildman–Crippen LogP) is 3.03. The number of nitrogens with zero attached hydrogens (tertiary/aromatic N) is 1. The van der Waals surface area contributed by atoms with E-state index in [2.05, 4.69) is 38.7 Å². The molecule has 0 rings (SSSR count). The van der Waals surface area contributed by atoms with E-state index in [1.807, 2.05) is 0 Å². The minimum atomic E-state index is 1.14. The van der Waals surface area contributed by atoms with Crippen molar-refractivity contribution in [3.8, 4) is 0 Å². The Morgan fingerprint density at radius 2 is 2.00 bits per heavy atom. The van der Waals surface area contributed by atoms with Crippen LogP contribution in [0.3, 0.4) is 0 Å². The van der Waals surface area contributed by atoms with Gasteiger partial charge in [-0.1, -0.05) is 19.4 Å². The molecule has 0 spiro atoms. The smallest absolute Gasteiger partial charge is 0.0174 e. The maximum absolute atomic E-state index is 2.42. The highest BCUT2D eigenvalue weighted by atomic mass is 15.1. The van der Waals surface area contributed by atoms with E-state index in [0.29, 0.717) is 0 Å². The van der Waals surface area contributed by atoms with E-state index in [0.717, 1.165) is 6.54 Å². The van der Waals surface area contributed by atoms with E-state index in [4.69, 9.17) is 0 Å². The van der Waals surface area contributed by atoms with Gasteiger partial charge in [0.25, 0.3) is 0 Å². The molecule has 0 heterocycles. The monoisotopic (exact) mass is 155 g/mol. The van der Waals surface area contributed by atoms with Crippen LogP contribution in [0.15, 0.2) is 11.8 Å². The zero-order valence-electron chi connectivity index (χ0n) is 8.35. The lowest BCUT2D eigenvalue weighted by molar-refractivity contribution is 0.355. The van der Waals surface area contributed by atoms with Crippen molar-refractivity contribution in [1.82, 2.24) is 4.90 Å². The van der Waals surface area contributed by atoms with Gasteiger partial charge in [-0.3, -0.25) is 0 Å². The Balaban J connectivity index is 3.75. The fraction of sp³-hybridized carbons (Fsp3) is 0.800. The Hall–Kier alpha value is -0.460. The van der Waals surface area contributed by atoms with Crippen LogP contribution in [0.25, 0.3) is 0 Å². The Bertz CT molecular complexity index is 116. The molecule has 0 aliphatic carbocycles. The zero-order valence-corrected chi connectivity index (χ0v) is 8.35.